The number of methoxy groups -OCH3 is 2. The van der Waals surface area contributed by atoms with Crippen LogP contribution in [0.4, 0.5) is 0 Å². The summed E-state index contributed by atoms with van der Waals surface area (Å²) in [5.41, 5.74) is -0.361. The minimum absolute atomic E-state index is 0.0473. The molecule has 1 unspecified atom stereocenters. The zero-order chi connectivity index (χ0) is 20.7. The third-order valence-corrected chi connectivity index (χ3v) is 5.10. The average Bonchev–Trinajstić information content (AvgIpc) is 2.60. The van der Waals surface area contributed by atoms with Crippen molar-refractivity contribution in [2.75, 3.05) is 20.8 Å². The smallest absolute Gasteiger partial charge is 0.320 e. The molecule has 1 saturated heterocycles. The summed E-state index contributed by atoms with van der Waals surface area (Å²) < 4.78 is 15.5. The summed E-state index contributed by atoms with van der Waals surface area (Å²) in [6.45, 7) is 11.1. The molecular weight excluding hydrogens is 350 g/mol. The van der Waals surface area contributed by atoms with Gasteiger partial charge in [-0.05, 0) is 53.4 Å². The maximum atomic E-state index is 12.1. The number of nitrogens with zero attached hydrogens (tertiary/aromatic N) is 1. The molecule has 0 aromatic carbocycles. The number of unbranched alkanes of at least 4 members (excludes halogenated alkanes) is 1. The predicted octanol–water partition coefficient (Wildman–Crippen LogP) is 3.46. The molecule has 0 aliphatic carbocycles. The Kier molecular flexibility index (Phi) is 9.18. The number of carbonyl (C=O) groups is 2. The fourth-order valence-electron chi connectivity index (χ4n) is 3.65. The van der Waals surface area contributed by atoms with Crippen molar-refractivity contribution in [3.8, 4) is 0 Å². The second-order valence-corrected chi connectivity index (χ2v) is 8.37. The van der Waals surface area contributed by atoms with Gasteiger partial charge in [-0.2, -0.15) is 5.06 Å². The molecule has 0 aromatic heterocycles. The molecule has 158 valence electrons. The van der Waals surface area contributed by atoms with Gasteiger partial charge in [-0.1, -0.05) is 13.3 Å². The molecule has 1 aliphatic rings. The normalized spacial score (nSPS) is 20.3. The number of hydrogen-bond acceptors (Lipinski definition) is 7. The third kappa shape index (κ3) is 6.73. The van der Waals surface area contributed by atoms with Crippen LogP contribution in [-0.2, 0) is 28.6 Å². The van der Waals surface area contributed by atoms with Gasteiger partial charge < -0.3 is 14.2 Å². The van der Waals surface area contributed by atoms with Gasteiger partial charge in [0.05, 0.1) is 14.2 Å². The summed E-state index contributed by atoms with van der Waals surface area (Å²) in [5.74, 6) is -2.37. The van der Waals surface area contributed by atoms with E-state index in [1.165, 1.54) is 14.2 Å². The van der Waals surface area contributed by atoms with E-state index in [1.807, 2.05) is 5.06 Å². The zero-order valence-corrected chi connectivity index (χ0v) is 18.0. The SMILES string of the molecule is CCCCOC(CC(C(=O)OC)C(=O)OC)ON1C(C)(C)CCCC1(C)C. The van der Waals surface area contributed by atoms with Crippen LogP contribution < -0.4 is 0 Å². The Morgan fingerprint density at radius 2 is 1.52 bits per heavy atom. The van der Waals surface area contributed by atoms with E-state index in [4.69, 9.17) is 19.0 Å². The Hall–Kier alpha value is -1.18. The largest absolute Gasteiger partial charge is 0.468 e. The monoisotopic (exact) mass is 387 g/mol. The minimum Gasteiger partial charge on any atom is -0.468 e. The summed E-state index contributed by atoms with van der Waals surface area (Å²) in [6.07, 6.45) is 4.26. The van der Waals surface area contributed by atoms with E-state index in [-0.39, 0.29) is 17.5 Å². The second-order valence-electron chi connectivity index (χ2n) is 8.37. The van der Waals surface area contributed by atoms with E-state index in [1.54, 1.807) is 0 Å². The summed E-state index contributed by atoms with van der Waals surface area (Å²) in [4.78, 5) is 30.4. The zero-order valence-electron chi connectivity index (χ0n) is 18.0. The first-order chi connectivity index (χ1) is 12.6. The number of hydrogen-bond donors (Lipinski definition) is 0. The molecular formula is C20H37NO6. The van der Waals surface area contributed by atoms with Gasteiger partial charge in [0.15, 0.2) is 12.2 Å². The highest BCUT2D eigenvalue weighted by Gasteiger charge is 2.44. The molecule has 27 heavy (non-hydrogen) atoms. The Bertz CT molecular complexity index is 459. The number of esters is 2. The van der Waals surface area contributed by atoms with Gasteiger partial charge in [0.25, 0.3) is 0 Å². The van der Waals surface area contributed by atoms with E-state index in [2.05, 4.69) is 34.6 Å². The lowest BCUT2D eigenvalue weighted by Crippen LogP contribution is -2.59. The lowest BCUT2D eigenvalue weighted by atomic mass is 9.82. The van der Waals surface area contributed by atoms with Crippen LogP contribution in [0, 0.1) is 5.92 Å². The third-order valence-electron chi connectivity index (χ3n) is 5.10. The molecule has 7 heteroatoms. The van der Waals surface area contributed by atoms with Crippen LogP contribution >= 0.6 is 0 Å². The quantitative estimate of drug-likeness (QED) is 0.246. The average molecular weight is 388 g/mol. The van der Waals surface area contributed by atoms with Crippen molar-refractivity contribution in [2.24, 2.45) is 5.92 Å². The first kappa shape index (κ1) is 23.9. The van der Waals surface area contributed by atoms with Gasteiger partial charge in [0.2, 0.25) is 0 Å². The number of piperidine rings is 1. The summed E-state index contributed by atoms with van der Waals surface area (Å²) >= 11 is 0. The van der Waals surface area contributed by atoms with E-state index in [0.29, 0.717) is 6.61 Å². The standard InChI is InChI=1S/C20H37NO6/c1-8-9-13-26-16(14-15(17(22)24-6)18(23)25-7)27-21-19(2,3)11-10-12-20(21,4)5/h15-16H,8-14H2,1-7H3. The van der Waals surface area contributed by atoms with Crippen molar-refractivity contribution in [1.29, 1.82) is 0 Å². The highest BCUT2D eigenvalue weighted by atomic mass is 16.8. The van der Waals surface area contributed by atoms with Crippen LogP contribution in [-0.4, -0.2) is 55.2 Å². The first-order valence-electron chi connectivity index (χ1n) is 9.83. The summed E-state index contributed by atoms with van der Waals surface area (Å²) in [5, 5.41) is 1.98. The van der Waals surface area contributed by atoms with Crippen molar-refractivity contribution in [2.45, 2.75) is 90.5 Å². The number of carbonyl (C=O) groups excluding carboxylic acids is 2. The van der Waals surface area contributed by atoms with E-state index < -0.39 is 24.1 Å². The van der Waals surface area contributed by atoms with Crippen LogP contribution in [0.5, 0.6) is 0 Å². The summed E-state index contributed by atoms with van der Waals surface area (Å²) in [7, 11) is 2.51. The Morgan fingerprint density at radius 1 is 1.00 bits per heavy atom. The first-order valence-corrected chi connectivity index (χ1v) is 9.83. The molecule has 0 amide bonds. The Labute approximate surface area is 163 Å². The molecule has 0 saturated carbocycles. The van der Waals surface area contributed by atoms with Crippen LogP contribution in [0.3, 0.4) is 0 Å². The van der Waals surface area contributed by atoms with Crippen molar-refractivity contribution in [3.63, 3.8) is 0 Å². The number of ether oxygens (including phenoxy) is 3. The van der Waals surface area contributed by atoms with E-state index >= 15 is 0 Å². The summed E-state index contributed by atoms with van der Waals surface area (Å²) in [6, 6.07) is 0. The maximum Gasteiger partial charge on any atom is 0.320 e. The van der Waals surface area contributed by atoms with Crippen LogP contribution in [0.2, 0.25) is 0 Å². The van der Waals surface area contributed by atoms with Crippen LogP contribution in [0.15, 0.2) is 0 Å². The van der Waals surface area contributed by atoms with E-state index in [0.717, 1.165) is 32.1 Å². The topological polar surface area (TPSA) is 74.3 Å². The number of rotatable bonds is 10. The fourth-order valence-corrected chi connectivity index (χ4v) is 3.65. The van der Waals surface area contributed by atoms with Crippen LogP contribution in [0.1, 0.15) is 73.1 Å². The van der Waals surface area contributed by atoms with Crippen LogP contribution in [0.25, 0.3) is 0 Å². The van der Waals surface area contributed by atoms with Crippen molar-refractivity contribution in [3.05, 3.63) is 0 Å². The molecule has 1 rings (SSSR count). The molecule has 1 atom stereocenters. The van der Waals surface area contributed by atoms with Gasteiger partial charge >= 0.3 is 11.9 Å². The molecule has 7 nitrogen and oxygen atoms in total. The molecule has 1 fully saturated rings. The molecule has 0 N–H and O–H groups in total. The molecule has 0 spiro atoms. The van der Waals surface area contributed by atoms with Gasteiger partial charge in [-0.3, -0.25) is 14.4 Å². The maximum absolute atomic E-state index is 12.1. The van der Waals surface area contributed by atoms with Gasteiger partial charge in [0.1, 0.15) is 0 Å². The predicted molar refractivity (Wildman–Crippen MR) is 102 cm³/mol. The van der Waals surface area contributed by atoms with Gasteiger partial charge in [-0.25, -0.2) is 0 Å². The Balaban J connectivity index is 3.00. The molecule has 0 bridgehead atoms. The van der Waals surface area contributed by atoms with Gasteiger partial charge in [0, 0.05) is 24.1 Å². The minimum atomic E-state index is -1.08. The lowest BCUT2D eigenvalue weighted by Gasteiger charge is -2.52. The van der Waals surface area contributed by atoms with Crippen molar-refractivity contribution >= 4 is 11.9 Å². The second kappa shape index (κ2) is 10.4. The van der Waals surface area contributed by atoms with Crippen molar-refractivity contribution < 1.29 is 28.6 Å². The fraction of sp³-hybridized carbons (Fsp3) is 0.900. The molecule has 1 aliphatic heterocycles. The molecule has 0 aromatic rings. The molecule has 0 radical (unpaired) electrons. The van der Waals surface area contributed by atoms with Gasteiger partial charge in [-0.15, -0.1) is 0 Å². The highest BCUT2D eigenvalue weighted by Crippen LogP contribution is 2.39. The lowest BCUT2D eigenvalue weighted by molar-refractivity contribution is -0.355. The Morgan fingerprint density at radius 3 is 1.96 bits per heavy atom. The number of hydroxylamine groups is 2. The molecule has 1 heterocycles. The van der Waals surface area contributed by atoms with Crippen molar-refractivity contribution in [1.82, 2.24) is 5.06 Å². The highest BCUT2D eigenvalue weighted by molar-refractivity contribution is 5.94. The van der Waals surface area contributed by atoms with E-state index in [9.17, 15) is 9.59 Å².